The second-order valence-corrected chi connectivity index (χ2v) is 7.18. The maximum atomic E-state index is 12.8. The number of ether oxygens (including phenoxy) is 2. The maximum Gasteiger partial charge on any atom is 0.229 e. The Morgan fingerprint density at radius 3 is 2.66 bits per heavy atom. The summed E-state index contributed by atoms with van der Waals surface area (Å²) in [6, 6.07) is 11.2. The molecule has 1 aliphatic rings. The highest BCUT2D eigenvalue weighted by Crippen LogP contribution is 2.30. The summed E-state index contributed by atoms with van der Waals surface area (Å²) in [5, 5.41) is 7.28. The molecule has 0 radical (unpaired) electrons. The lowest BCUT2D eigenvalue weighted by Gasteiger charge is -2.22. The number of hydrogen-bond donors (Lipinski definition) is 1. The molecular formula is C22H24N4O3. The number of aryl methyl sites for hydroxylation is 2. The summed E-state index contributed by atoms with van der Waals surface area (Å²) < 4.78 is 12.5. The van der Waals surface area contributed by atoms with Crippen LogP contribution in [0.15, 0.2) is 42.6 Å². The molecule has 0 bridgehead atoms. The monoisotopic (exact) mass is 392 g/mol. The normalized spacial score (nSPS) is 15.5. The van der Waals surface area contributed by atoms with Gasteiger partial charge in [0.2, 0.25) is 5.91 Å². The number of hydrogen-bond acceptors (Lipinski definition) is 5. The molecule has 7 nitrogen and oxygen atoms in total. The van der Waals surface area contributed by atoms with E-state index in [1.54, 1.807) is 20.3 Å². The smallest absolute Gasteiger partial charge is 0.229 e. The Morgan fingerprint density at radius 1 is 1.17 bits per heavy atom. The molecule has 1 unspecified atom stereocenters. The second kappa shape index (κ2) is 7.95. The maximum absolute atomic E-state index is 12.8. The zero-order chi connectivity index (χ0) is 20.4. The van der Waals surface area contributed by atoms with E-state index in [-0.39, 0.29) is 11.8 Å². The Morgan fingerprint density at radius 2 is 1.93 bits per heavy atom. The van der Waals surface area contributed by atoms with Gasteiger partial charge in [0.1, 0.15) is 17.3 Å². The highest BCUT2D eigenvalue weighted by atomic mass is 16.5. The number of pyridine rings is 1. The van der Waals surface area contributed by atoms with E-state index in [0.717, 1.165) is 29.8 Å². The lowest BCUT2D eigenvalue weighted by atomic mass is 9.87. The van der Waals surface area contributed by atoms with Crippen molar-refractivity contribution in [2.45, 2.75) is 19.3 Å². The highest BCUT2D eigenvalue weighted by molar-refractivity contribution is 5.92. The Bertz CT molecular complexity index is 1020. The molecule has 0 fully saturated rings. The molecule has 1 aliphatic carbocycles. The minimum Gasteiger partial charge on any atom is -0.497 e. The third-order valence-corrected chi connectivity index (χ3v) is 5.37. The number of carbonyl (C=O) groups is 1. The third-order valence-electron chi connectivity index (χ3n) is 5.37. The number of carbonyl (C=O) groups excluding carboxylic acids is 1. The van der Waals surface area contributed by atoms with E-state index in [4.69, 9.17) is 9.47 Å². The predicted octanol–water partition coefficient (Wildman–Crippen LogP) is 3.24. The lowest BCUT2D eigenvalue weighted by molar-refractivity contribution is -0.120. The van der Waals surface area contributed by atoms with Crippen LogP contribution in [0.2, 0.25) is 0 Å². The van der Waals surface area contributed by atoms with Gasteiger partial charge < -0.3 is 14.8 Å². The SMILES string of the molecule is COc1cc(OC)cc(-c2cccc(NC(=O)C3CCc4cnn(C)c4C3)n2)c1. The van der Waals surface area contributed by atoms with Crippen LogP contribution in [0.4, 0.5) is 5.82 Å². The van der Waals surface area contributed by atoms with Gasteiger partial charge in [0.05, 0.1) is 26.1 Å². The fourth-order valence-corrected chi connectivity index (χ4v) is 3.72. The Balaban J connectivity index is 1.52. The minimum atomic E-state index is -0.0831. The second-order valence-electron chi connectivity index (χ2n) is 7.18. The number of nitrogens with zero attached hydrogens (tertiary/aromatic N) is 3. The molecule has 1 aromatic carbocycles. The van der Waals surface area contributed by atoms with Gasteiger partial charge in [-0.3, -0.25) is 9.48 Å². The number of aromatic nitrogens is 3. The topological polar surface area (TPSA) is 78.3 Å². The quantitative estimate of drug-likeness (QED) is 0.721. The number of fused-ring (bicyclic) bond motifs is 1. The first-order valence-corrected chi connectivity index (χ1v) is 9.58. The molecule has 1 N–H and O–H groups in total. The number of nitrogens with one attached hydrogen (secondary N) is 1. The minimum absolute atomic E-state index is 0.00952. The van der Waals surface area contributed by atoms with Crippen molar-refractivity contribution in [3.05, 3.63) is 53.9 Å². The van der Waals surface area contributed by atoms with Crippen molar-refractivity contribution in [3.63, 3.8) is 0 Å². The number of methoxy groups -OCH3 is 2. The number of rotatable bonds is 5. The van der Waals surface area contributed by atoms with E-state index in [2.05, 4.69) is 15.4 Å². The van der Waals surface area contributed by atoms with E-state index in [0.29, 0.717) is 23.7 Å². The first-order valence-electron chi connectivity index (χ1n) is 9.58. The van der Waals surface area contributed by atoms with Gasteiger partial charge >= 0.3 is 0 Å². The Kier molecular flexibility index (Phi) is 5.20. The highest BCUT2D eigenvalue weighted by Gasteiger charge is 2.27. The third kappa shape index (κ3) is 3.94. The van der Waals surface area contributed by atoms with E-state index < -0.39 is 0 Å². The van der Waals surface area contributed by atoms with Gasteiger partial charge in [-0.15, -0.1) is 0 Å². The molecule has 3 aromatic rings. The van der Waals surface area contributed by atoms with Gasteiger partial charge in [0.15, 0.2) is 0 Å². The average Bonchev–Trinajstić information content (AvgIpc) is 3.13. The van der Waals surface area contributed by atoms with Gasteiger partial charge in [-0.05, 0) is 42.7 Å². The van der Waals surface area contributed by atoms with E-state index in [1.807, 2.05) is 48.3 Å². The van der Waals surface area contributed by atoms with Crippen molar-refractivity contribution in [1.82, 2.24) is 14.8 Å². The zero-order valence-corrected chi connectivity index (χ0v) is 16.8. The largest absolute Gasteiger partial charge is 0.497 e. The molecule has 1 atom stereocenters. The summed E-state index contributed by atoms with van der Waals surface area (Å²) in [5.41, 5.74) is 3.97. The lowest BCUT2D eigenvalue weighted by Crippen LogP contribution is -2.29. The molecule has 4 rings (SSSR count). The van der Waals surface area contributed by atoms with Crippen molar-refractivity contribution in [1.29, 1.82) is 0 Å². The van der Waals surface area contributed by atoms with Gasteiger partial charge in [-0.25, -0.2) is 4.98 Å². The first-order chi connectivity index (χ1) is 14.1. The van der Waals surface area contributed by atoms with E-state index in [9.17, 15) is 4.79 Å². The average molecular weight is 392 g/mol. The van der Waals surface area contributed by atoms with Crippen LogP contribution >= 0.6 is 0 Å². The summed E-state index contributed by atoms with van der Waals surface area (Å²) in [7, 11) is 5.15. The van der Waals surface area contributed by atoms with Crippen LogP contribution in [0.25, 0.3) is 11.3 Å². The number of benzene rings is 1. The summed E-state index contributed by atoms with van der Waals surface area (Å²) in [6.07, 6.45) is 4.29. The van der Waals surface area contributed by atoms with Crippen molar-refractivity contribution in [2.75, 3.05) is 19.5 Å². The number of amides is 1. The molecule has 150 valence electrons. The van der Waals surface area contributed by atoms with Crippen LogP contribution in [-0.2, 0) is 24.7 Å². The van der Waals surface area contributed by atoms with Crippen LogP contribution < -0.4 is 14.8 Å². The molecule has 0 aliphatic heterocycles. The van der Waals surface area contributed by atoms with Crippen LogP contribution in [0, 0.1) is 5.92 Å². The van der Waals surface area contributed by atoms with Gasteiger partial charge in [0.25, 0.3) is 0 Å². The molecule has 1 amide bonds. The van der Waals surface area contributed by atoms with E-state index in [1.165, 1.54) is 5.56 Å². The van der Waals surface area contributed by atoms with Gasteiger partial charge in [-0.2, -0.15) is 5.10 Å². The van der Waals surface area contributed by atoms with Gasteiger partial charge in [0, 0.05) is 36.7 Å². The zero-order valence-electron chi connectivity index (χ0n) is 16.8. The summed E-state index contributed by atoms with van der Waals surface area (Å²) in [4.78, 5) is 17.5. The summed E-state index contributed by atoms with van der Waals surface area (Å²) >= 11 is 0. The number of anilines is 1. The molecule has 2 aromatic heterocycles. The van der Waals surface area contributed by atoms with Crippen LogP contribution in [0.5, 0.6) is 11.5 Å². The fourth-order valence-electron chi connectivity index (χ4n) is 3.72. The molecular weight excluding hydrogens is 368 g/mol. The first kappa shape index (κ1) is 19.0. The van der Waals surface area contributed by atoms with E-state index >= 15 is 0 Å². The van der Waals surface area contributed by atoms with Crippen molar-refractivity contribution in [2.24, 2.45) is 13.0 Å². The van der Waals surface area contributed by atoms with Crippen molar-refractivity contribution in [3.8, 4) is 22.8 Å². The summed E-state index contributed by atoms with van der Waals surface area (Å²) in [5.74, 6) is 1.81. The van der Waals surface area contributed by atoms with Gasteiger partial charge in [-0.1, -0.05) is 6.07 Å². The summed E-state index contributed by atoms with van der Waals surface area (Å²) in [6.45, 7) is 0. The molecule has 2 heterocycles. The Labute approximate surface area is 169 Å². The standard InChI is InChI=1S/C22H24N4O3/c1-26-20-11-14(7-8-15(20)13-23-26)22(27)25-21-6-4-5-19(24-21)16-9-17(28-2)12-18(10-16)29-3/h4-6,9-10,12-14H,7-8,11H2,1-3H3,(H,24,25,27). The Hall–Kier alpha value is -3.35. The predicted molar refractivity (Wildman–Crippen MR) is 110 cm³/mol. The van der Waals surface area contributed by atoms with Crippen LogP contribution in [0.3, 0.4) is 0 Å². The molecule has 0 saturated heterocycles. The molecule has 0 spiro atoms. The van der Waals surface area contributed by atoms with Crippen molar-refractivity contribution < 1.29 is 14.3 Å². The molecule has 7 heteroatoms. The molecule has 29 heavy (non-hydrogen) atoms. The van der Waals surface area contributed by atoms with Crippen LogP contribution in [-0.4, -0.2) is 34.9 Å². The van der Waals surface area contributed by atoms with Crippen molar-refractivity contribution >= 4 is 11.7 Å². The molecule has 0 saturated carbocycles. The fraction of sp³-hybridized carbons (Fsp3) is 0.318. The van der Waals surface area contributed by atoms with Crippen LogP contribution in [0.1, 0.15) is 17.7 Å².